The Labute approximate surface area is 75.5 Å². The van der Waals surface area contributed by atoms with Gasteiger partial charge in [0.05, 0.1) is 6.26 Å². The van der Waals surface area contributed by atoms with Crippen molar-refractivity contribution in [1.82, 2.24) is 0 Å². The third-order valence-electron chi connectivity index (χ3n) is 1.45. The molecule has 1 aromatic heterocycles. The zero-order chi connectivity index (χ0) is 9.03. The number of hydrogen-bond acceptors (Lipinski definition) is 4. The van der Waals surface area contributed by atoms with Crippen LogP contribution in [0.1, 0.15) is 12.7 Å². The lowest BCUT2D eigenvalue weighted by atomic mass is 10.1. The maximum Gasteiger partial charge on any atom is 0.222 e. The molecular weight excluding hydrogens is 174 g/mol. The van der Waals surface area contributed by atoms with Gasteiger partial charge in [-0.25, -0.2) is 0 Å². The summed E-state index contributed by atoms with van der Waals surface area (Å²) in [4.78, 5) is 0. The summed E-state index contributed by atoms with van der Waals surface area (Å²) in [5, 5.41) is 8.84. The smallest absolute Gasteiger partial charge is 0.222 e. The van der Waals surface area contributed by atoms with Gasteiger partial charge in [-0.3, -0.25) is 4.18 Å². The highest BCUT2D eigenvalue weighted by molar-refractivity contribution is 7.93. The minimum absolute atomic E-state index is 0.527. The summed E-state index contributed by atoms with van der Waals surface area (Å²) in [5.74, 6) is 0.527. The van der Waals surface area contributed by atoms with Crippen molar-refractivity contribution in [3.05, 3.63) is 24.2 Å². The molecule has 0 aliphatic carbocycles. The molecule has 0 bridgehead atoms. The number of nitrogens with zero attached hydrogens (tertiary/aromatic N) is 1. The van der Waals surface area contributed by atoms with Crippen LogP contribution in [-0.4, -0.2) is 6.26 Å². The van der Waals surface area contributed by atoms with E-state index in [-0.39, 0.29) is 0 Å². The molecule has 1 atom stereocenters. The van der Waals surface area contributed by atoms with Crippen LogP contribution in [0.25, 0.3) is 0 Å². The fourth-order valence-electron chi connectivity index (χ4n) is 0.831. The Morgan fingerprint density at radius 2 is 2.50 bits per heavy atom. The molecule has 0 aromatic carbocycles. The Balaban J connectivity index is 2.90. The number of furan rings is 1. The second-order valence-corrected chi connectivity index (χ2v) is 2.87. The van der Waals surface area contributed by atoms with Gasteiger partial charge in [0.2, 0.25) is 5.60 Å². The van der Waals surface area contributed by atoms with Crippen LogP contribution in [0.3, 0.4) is 0 Å². The van der Waals surface area contributed by atoms with E-state index >= 15 is 0 Å². The van der Waals surface area contributed by atoms with E-state index in [9.17, 15) is 0 Å². The molecule has 0 spiro atoms. The van der Waals surface area contributed by atoms with Gasteiger partial charge in [0, 0.05) is 6.26 Å². The molecule has 1 heterocycles. The second kappa shape index (κ2) is 3.65. The fraction of sp³-hybridized carbons (Fsp3) is 0.375. The van der Waals surface area contributed by atoms with Crippen LogP contribution in [0.4, 0.5) is 0 Å². The molecule has 12 heavy (non-hydrogen) atoms. The van der Waals surface area contributed by atoms with Crippen LogP contribution >= 0.6 is 12.0 Å². The molecule has 0 aliphatic rings. The van der Waals surface area contributed by atoms with E-state index in [1.165, 1.54) is 6.26 Å². The highest BCUT2D eigenvalue weighted by Gasteiger charge is 2.30. The molecule has 0 aliphatic heterocycles. The Bertz CT molecular complexity index is 278. The van der Waals surface area contributed by atoms with Crippen molar-refractivity contribution >= 4 is 12.0 Å². The van der Waals surface area contributed by atoms with Gasteiger partial charge >= 0.3 is 0 Å². The van der Waals surface area contributed by atoms with Crippen LogP contribution in [0.2, 0.25) is 0 Å². The van der Waals surface area contributed by atoms with Gasteiger partial charge in [0.25, 0.3) is 0 Å². The third-order valence-corrected chi connectivity index (χ3v) is 1.95. The average molecular weight is 183 g/mol. The SMILES string of the molecule is CSOC(C)(C#N)c1ccco1. The van der Waals surface area contributed by atoms with Crippen molar-refractivity contribution in [2.75, 3.05) is 6.26 Å². The van der Waals surface area contributed by atoms with Gasteiger partial charge < -0.3 is 4.42 Å². The first kappa shape index (κ1) is 9.17. The number of rotatable bonds is 3. The molecule has 0 amide bonds. The standard InChI is InChI=1S/C8H9NO2S/c1-8(6-9,11-12-2)7-4-3-5-10-7/h3-5H,1-2H3. The lowest BCUT2D eigenvalue weighted by Gasteiger charge is -2.16. The van der Waals surface area contributed by atoms with E-state index in [0.717, 1.165) is 12.0 Å². The average Bonchev–Trinajstić information content (AvgIpc) is 2.57. The molecule has 0 saturated carbocycles. The summed E-state index contributed by atoms with van der Waals surface area (Å²) in [5.41, 5.74) is -0.983. The topological polar surface area (TPSA) is 46.2 Å². The minimum Gasteiger partial charge on any atom is -0.465 e. The van der Waals surface area contributed by atoms with Gasteiger partial charge in [0.1, 0.15) is 6.07 Å². The summed E-state index contributed by atoms with van der Waals surface area (Å²) < 4.78 is 10.3. The van der Waals surface area contributed by atoms with Crippen molar-refractivity contribution < 1.29 is 8.60 Å². The van der Waals surface area contributed by atoms with E-state index in [4.69, 9.17) is 13.9 Å². The van der Waals surface area contributed by atoms with E-state index in [0.29, 0.717) is 5.76 Å². The Hall–Kier alpha value is -0.920. The zero-order valence-electron chi connectivity index (χ0n) is 6.90. The van der Waals surface area contributed by atoms with Crippen molar-refractivity contribution in [2.24, 2.45) is 0 Å². The molecule has 1 aromatic rings. The molecule has 1 rings (SSSR count). The van der Waals surface area contributed by atoms with Crippen molar-refractivity contribution in [3.63, 3.8) is 0 Å². The van der Waals surface area contributed by atoms with Crippen LogP contribution in [-0.2, 0) is 9.78 Å². The summed E-state index contributed by atoms with van der Waals surface area (Å²) in [6.07, 6.45) is 3.28. The summed E-state index contributed by atoms with van der Waals surface area (Å²) >= 11 is 1.15. The first-order valence-corrected chi connectivity index (χ1v) is 4.55. The van der Waals surface area contributed by atoms with E-state index in [1.807, 2.05) is 6.07 Å². The van der Waals surface area contributed by atoms with Gasteiger partial charge in [0.15, 0.2) is 5.76 Å². The maximum atomic E-state index is 8.84. The normalized spacial score (nSPS) is 15.1. The predicted molar refractivity (Wildman–Crippen MR) is 46.3 cm³/mol. The van der Waals surface area contributed by atoms with Gasteiger partial charge in [-0.15, -0.1) is 0 Å². The van der Waals surface area contributed by atoms with Crippen LogP contribution in [0.5, 0.6) is 0 Å². The number of nitriles is 1. The van der Waals surface area contributed by atoms with E-state index < -0.39 is 5.60 Å². The Kier molecular flexibility index (Phi) is 2.79. The minimum atomic E-state index is -0.983. The maximum absolute atomic E-state index is 8.84. The lowest BCUT2D eigenvalue weighted by molar-refractivity contribution is 0.153. The van der Waals surface area contributed by atoms with Gasteiger partial charge in [-0.1, -0.05) is 0 Å². The summed E-state index contributed by atoms with van der Waals surface area (Å²) in [6, 6.07) is 5.50. The second-order valence-electron chi connectivity index (χ2n) is 2.37. The quantitative estimate of drug-likeness (QED) is 0.674. The zero-order valence-corrected chi connectivity index (χ0v) is 7.72. The molecule has 0 saturated heterocycles. The Morgan fingerprint density at radius 1 is 1.75 bits per heavy atom. The fourth-order valence-corrected chi connectivity index (χ4v) is 1.28. The molecule has 0 N–H and O–H groups in total. The molecule has 1 unspecified atom stereocenters. The van der Waals surface area contributed by atoms with Crippen LogP contribution < -0.4 is 0 Å². The van der Waals surface area contributed by atoms with Crippen LogP contribution in [0, 0.1) is 11.3 Å². The largest absolute Gasteiger partial charge is 0.465 e. The van der Waals surface area contributed by atoms with Gasteiger partial charge in [-0.2, -0.15) is 5.26 Å². The predicted octanol–water partition coefficient (Wildman–Crippen LogP) is 2.31. The molecule has 0 radical (unpaired) electrons. The molecule has 64 valence electrons. The monoisotopic (exact) mass is 183 g/mol. The lowest BCUT2D eigenvalue weighted by Crippen LogP contribution is -2.19. The highest BCUT2D eigenvalue weighted by atomic mass is 32.2. The Morgan fingerprint density at radius 3 is 2.92 bits per heavy atom. The van der Waals surface area contributed by atoms with Crippen molar-refractivity contribution in [1.29, 1.82) is 5.26 Å². The first-order chi connectivity index (χ1) is 5.73. The molecule has 3 nitrogen and oxygen atoms in total. The third kappa shape index (κ3) is 1.63. The number of hydrogen-bond donors (Lipinski definition) is 0. The van der Waals surface area contributed by atoms with E-state index in [1.54, 1.807) is 25.3 Å². The highest BCUT2D eigenvalue weighted by Crippen LogP contribution is 2.28. The molecular formula is C8H9NO2S. The summed E-state index contributed by atoms with van der Waals surface area (Å²) in [6.45, 7) is 1.67. The van der Waals surface area contributed by atoms with Crippen molar-refractivity contribution in [3.8, 4) is 6.07 Å². The molecule has 4 heteroatoms. The van der Waals surface area contributed by atoms with Crippen molar-refractivity contribution in [2.45, 2.75) is 12.5 Å². The first-order valence-electron chi connectivity index (χ1n) is 3.40. The molecule has 0 fully saturated rings. The van der Waals surface area contributed by atoms with Crippen LogP contribution in [0.15, 0.2) is 22.8 Å². The van der Waals surface area contributed by atoms with Gasteiger partial charge in [-0.05, 0) is 31.1 Å². The summed E-state index contributed by atoms with van der Waals surface area (Å²) in [7, 11) is 0. The van der Waals surface area contributed by atoms with E-state index in [2.05, 4.69) is 0 Å².